The Morgan fingerprint density at radius 3 is 2.33 bits per heavy atom. The largest absolute Gasteiger partial charge is 0.508 e. The van der Waals surface area contributed by atoms with Crippen molar-refractivity contribution in [3.63, 3.8) is 0 Å². The molecule has 0 aliphatic carbocycles. The summed E-state index contributed by atoms with van der Waals surface area (Å²) >= 11 is 0. The number of nitrogens with one attached hydrogen (secondary N) is 2. The van der Waals surface area contributed by atoms with E-state index in [9.17, 15) is 23.1 Å². The van der Waals surface area contributed by atoms with Gasteiger partial charge >= 0.3 is 0 Å². The number of phenols is 1. The van der Waals surface area contributed by atoms with Crippen LogP contribution in [0.5, 0.6) is 5.75 Å². The van der Waals surface area contributed by atoms with Gasteiger partial charge in [-0.25, -0.2) is 8.42 Å². The topological polar surface area (TPSA) is 116 Å². The third kappa shape index (κ3) is 4.98. The number of hydrogen-bond acceptors (Lipinski definition) is 5. The van der Waals surface area contributed by atoms with E-state index >= 15 is 0 Å². The maximum atomic E-state index is 12.9. The van der Waals surface area contributed by atoms with E-state index in [4.69, 9.17) is 0 Å². The van der Waals surface area contributed by atoms with Crippen molar-refractivity contribution < 1.29 is 23.1 Å². The number of aromatic hydroxyl groups is 1. The van der Waals surface area contributed by atoms with Crippen LogP contribution in [0.25, 0.3) is 0 Å². The average molecular weight is 432 g/mol. The number of amides is 2. The smallest absolute Gasteiger partial charge is 0.251 e. The van der Waals surface area contributed by atoms with Crippen LogP contribution in [0, 0.1) is 6.92 Å². The number of carbonyl (C=O) groups is 2. The van der Waals surface area contributed by atoms with Crippen LogP contribution in [-0.2, 0) is 14.8 Å². The molecule has 1 atom stereocenters. The van der Waals surface area contributed by atoms with Crippen molar-refractivity contribution in [1.29, 1.82) is 0 Å². The van der Waals surface area contributed by atoms with Crippen LogP contribution in [0.4, 0.5) is 0 Å². The molecule has 2 aromatic rings. The molecule has 1 fully saturated rings. The maximum absolute atomic E-state index is 12.9. The Morgan fingerprint density at radius 1 is 1.03 bits per heavy atom. The van der Waals surface area contributed by atoms with E-state index in [-0.39, 0.29) is 35.5 Å². The first kappa shape index (κ1) is 21.8. The van der Waals surface area contributed by atoms with Gasteiger partial charge in [0.1, 0.15) is 11.8 Å². The summed E-state index contributed by atoms with van der Waals surface area (Å²) in [6, 6.07) is 11.6. The molecular formula is C21H25N3O5S. The lowest BCUT2D eigenvalue weighted by Crippen LogP contribution is -2.47. The molecule has 8 nitrogen and oxygen atoms in total. The Hall–Kier alpha value is -2.91. The van der Waals surface area contributed by atoms with Gasteiger partial charge in [0.2, 0.25) is 15.9 Å². The van der Waals surface area contributed by atoms with E-state index in [0.29, 0.717) is 24.9 Å². The van der Waals surface area contributed by atoms with Crippen LogP contribution in [0.2, 0.25) is 0 Å². The molecule has 0 aromatic heterocycles. The van der Waals surface area contributed by atoms with Crippen molar-refractivity contribution in [3.05, 3.63) is 59.7 Å². The number of carbonyl (C=O) groups excluding carboxylic acids is 2. The van der Waals surface area contributed by atoms with E-state index in [1.165, 1.54) is 28.6 Å². The molecule has 1 heterocycles. The number of sulfonamides is 1. The van der Waals surface area contributed by atoms with Crippen LogP contribution >= 0.6 is 0 Å². The standard InChI is InChI=1S/C21H25N3O5S/c1-15-4-10-18(11-5-15)30(28,29)24-14-2-3-19(24)21(27)23-13-12-22-20(26)16-6-8-17(25)9-7-16/h4-11,19,25H,2-3,12-14H2,1H3,(H,22,26)(H,23,27)/t19-/m0/s1. The van der Waals surface area contributed by atoms with Crippen LogP contribution < -0.4 is 10.6 Å². The number of nitrogens with zero attached hydrogens (tertiary/aromatic N) is 1. The van der Waals surface area contributed by atoms with Crippen molar-refractivity contribution >= 4 is 21.8 Å². The van der Waals surface area contributed by atoms with Crippen LogP contribution in [-0.4, -0.2) is 55.3 Å². The van der Waals surface area contributed by atoms with Crippen molar-refractivity contribution in [2.45, 2.75) is 30.7 Å². The second-order valence-electron chi connectivity index (χ2n) is 7.18. The summed E-state index contributed by atoms with van der Waals surface area (Å²) in [5.41, 5.74) is 1.35. The molecule has 2 amide bonds. The maximum Gasteiger partial charge on any atom is 0.251 e. The number of hydrogen-bond donors (Lipinski definition) is 3. The number of rotatable bonds is 7. The molecule has 0 bridgehead atoms. The summed E-state index contributed by atoms with van der Waals surface area (Å²) < 4.78 is 27.1. The Bertz CT molecular complexity index is 1000. The van der Waals surface area contributed by atoms with Crippen LogP contribution in [0.15, 0.2) is 53.4 Å². The van der Waals surface area contributed by atoms with Crippen molar-refractivity contribution in [2.75, 3.05) is 19.6 Å². The fourth-order valence-corrected chi connectivity index (χ4v) is 4.99. The molecule has 1 aliphatic rings. The third-order valence-electron chi connectivity index (χ3n) is 4.97. The van der Waals surface area contributed by atoms with Gasteiger partial charge in [0.15, 0.2) is 0 Å². The van der Waals surface area contributed by atoms with Crippen molar-refractivity contribution in [2.24, 2.45) is 0 Å². The van der Waals surface area contributed by atoms with Crippen LogP contribution in [0.1, 0.15) is 28.8 Å². The van der Waals surface area contributed by atoms with E-state index in [1.807, 2.05) is 6.92 Å². The lowest BCUT2D eigenvalue weighted by molar-refractivity contribution is -0.124. The summed E-state index contributed by atoms with van der Waals surface area (Å²) in [5, 5.41) is 14.6. The van der Waals surface area contributed by atoms with Gasteiger partial charge in [-0.15, -0.1) is 0 Å². The highest BCUT2D eigenvalue weighted by molar-refractivity contribution is 7.89. The SMILES string of the molecule is Cc1ccc(S(=O)(=O)N2CCC[C@H]2C(=O)NCCNC(=O)c2ccc(O)cc2)cc1. The summed E-state index contributed by atoms with van der Waals surface area (Å²) in [4.78, 5) is 24.8. The first-order valence-corrected chi connectivity index (χ1v) is 11.2. The normalized spacial score (nSPS) is 16.9. The zero-order valence-corrected chi connectivity index (χ0v) is 17.5. The highest BCUT2D eigenvalue weighted by Crippen LogP contribution is 2.26. The Kier molecular flexibility index (Phi) is 6.73. The van der Waals surface area contributed by atoms with Crippen molar-refractivity contribution in [3.8, 4) is 5.75 Å². The third-order valence-corrected chi connectivity index (χ3v) is 6.90. The van der Waals surface area contributed by atoms with E-state index in [0.717, 1.165) is 5.56 Å². The molecule has 0 unspecified atom stereocenters. The highest BCUT2D eigenvalue weighted by Gasteiger charge is 2.39. The monoisotopic (exact) mass is 431 g/mol. The van der Waals surface area contributed by atoms with Gasteiger partial charge in [-0.3, -0.25) is 9.59 Å². The van der Waals surface area contributed by atoms with Gasteiger partial charge in [-0.2, -0.15) is 4.31 Å². The molecule has 9 heteroatoms. The molecule has 160 valence electrons. The summed E-state index contributed by atoms with van der Waals surface area (Å²) in [6.07, 6.45) is 1.07. The molecule has 0 radical (unpaired) electrons. The fourth-order valence-electron chi connectivity index (χ4n) is 3.33. The van der Waals surface area contributed by atoms with Gasteiger partial charge in [0, 0.05) is 25.2 Å². The Labute approximate surface area is 176 Å². The second kappa shape index (κ2) is 9.27. The molecule has 3 N–H and O–H groups in total. The lowest BCUT2D eigenvalue weighted by Gasteiger charge is -2.23. The molecular weight excluding hydrogens is 406 g/mol. The van der Waals surface area contributed by atoms with Crippen molar-refractivity contribution in [1.82, 2.24) is 14.9 Å². The van der Waals surface area contributed by atoms with E-state index in [1.54, 1.807) is 24.3 Å². The predicted molar refractivity (Wildman–Crippen MR) is 112 cm³/mol. The van der Waals surface area contributed by atoms with Gasteiger partial charge < -0.3 is 15.7 Å². The molecule has 0 saturated carbocycles. The summed E-state index contributed by atoms with van der Waals surface area (Å²) in [5.74, 6) is -0.628. The van der Waals surface area contributed by atoms with E-state index in [2.05, 4.69) is 10.6 Å². The minimum Gasteiger partial charge on any atom is -0.508 e. The molecule has 3 rings (SSSR count). The fraction of sp³-hybridized carbons (Fsp3) is 0.333. The highest BCUT2D eigenvalue weighted by atomic mass is 32.2. The molecule has 2 aromatic carbocycles. The summed E-state index contributed by atoms with van der Waals surface area (Å²) in [6.45, 7) is 2.55. The zero-order valence-electron chi connectivity index (χ0n) is 16.7. The first-order chi connectivity index (χ1) is 14.3. The lowest BCUT2D eigenvalue weighted by atomic mass is 10.2. The minimum absolute atomic E-state index is 0.0699. The summed E-state index contributed by atoms with van der Waals surface area (Å²) in [7, 11) is -3.75. The average Bonchev–Trinajstić information content (AvgIpc) is 3.23. The number of aryl methyl sites for hydroxylation is 1. The Morgan fingerprint density at radius 2 is 1.67 bits per heavy atom. The predicted octanol–water partition coefficient (Wildman–Crippen LogP) is 1.40. The molecule has 30 heavy (non-hydrogen) atoms. The molecule has 1 aliphatic heterocycles. The molecule has 1 saturated heterocycles. The van der Waals surface area contributed by atoms with Gasteiger partial charge in [0.05, 0.1) is 4.90 Å². The van der Waals surface area contributed by atoms with Crippen LogP contribution in [0.3, 0.4) is 0 Å². The first-order valence-electron chi connectivity index (χ1n) is 9.72. The zero-order chi connectivity index (χ0) is 21.7. The number of phenolic OH excluding ortho intramolecular Hbond substituents is 1. The van der Waals surface area contributed by atoms with Gasteiger partial charge in [0.25, 0.3) is 5.91 Å². The van der Waals surface area contributed by atoms with Gasteiger partial charge in [-0.1, -0.05) is 17.7 Å². The second-order valence-corrected chi connectivity index (χ2v) is 9.07. The quantitative estimate of drug-likeness (QED) is 0.573. The number of benzene rings is 2. The van der Waals surface area contributed by atoms with Gasteiger partial charge in [-0.05, 0) is 56.2 Å². The Balaban J connectivity index is 1.53. The minimum atomic E-state index is -3.75. The molecule has 0 spiro atoms. The van der Waals surface area contributed by atoms with E-state index < -0.39 is 16.1 Å².